The molecule has 0 saturated carbocycles. The standard InChI is InChI=1S/C13H11FN2S2/c14-9-2-1-8-5-12(18-11(8)6-9)10(15)7-13-16-3-4-17-13/h1-6,10H,7,15H2. The Morgan fingerprint density at radius 3 is 3.00 bits per heavy atom. The third-order valence-corrected chi connectivity index (χ3v) is 4.78. The minimum absolute atomic E-state index is 0.0726. The van der Waals surface area contributed by atoms with E-state index in [0.717, 1.165) is 26.4 Å². The fourth-order valence-electron chi connectivity index (χ4n) is 1.85. The van der Waals surface area contributed by atoms with Gasteiger partial charge >= 0.3 is 0 Å². The second-order valence-corrected chi connectivity index (χ2v) is 6.16. The van der Waals surface area contributed by atoms with Gasteiger partial charge in [0, 0.05) is 33.6 Å². The van der Waals surface area contributed by atoms with Crippen LogP contribution in [0.25, 0.3) is 10.1 Å². The van der Waals surface area contributed by atoms with E-state index >= 15 is 0 Å². The molecule has 0 spiro atoms. The van der Waals surface area contributed by atoms with Gasteiger partial charge in [-0.15, -0.1) is 22.7 Å². The van der Waals surface area contributed by atoms with Crippen molar-refractivity contribution in [3.05, 3.63) is 51.5 Å². The van der Waals surface area contributed by atoms with Gasteiger partial charge in [0.05, 0.1) is 5.01 Å². The van der Waals surface area contributed by atoms with Crippen LogP contribution in [-0.2, 0) is 6.42 Å². The highest BCUT2D eigenvalue weighted by molar-refractivity contribution is 7.19. The van der Waals surface area contributed by atoms with Gasteiger partial charge in [-0.25, -0.2) is 9.37 Å². The van der Waals surface area contributed by atoms with Crippen molar-refractivity contribution in [2.75, 3.05) is 0 Å². The van der Waals surface area contributed by atoms with Crippen molar-refractivity contribution in [2.24, 2.45) is 5.73 Å². The Labute approximate surface area is 112 Å². The Morgan fingerprint density at radius 2 is 2.22 bits per heavy atom. The lowest BCUT2D eigenvalue weighted by Gasteiger charge is -2.06. The first-order chi connectivity index (χ1) is 8.72. The SMILES string of the molecule is NC(Cc1nccs1)c1cc2ccc(F)cc2s1. The van der Waals surface area contributed by atoms with Crippen LogP contribution >= 0.6 is 22.7 Å². The summed E-state index contributed by atoms with van der Waals surface area (Å²) in [5.74, 6) is -0.204. The van der Waals surface area contributed by atoms with Crippen LogP contribution in [0.1, 0.15) is 15.9 Å². The number of rotatable bonds is 3. The van der Waals surface area contributed by atoms with E-state index in [2.05, 4.69) is 4.98 Å². The van der Waals surface area contributed by atoms with E-state index in [4.69, 9.17) is 5.73 Å². The van der Waals surface area contributed by atoms with Gasteiger partial charge in [-0.05, 0) is 23.6 Å². The van der Waals surface area contributed by atoms with Crippen molar-refractivity contribution < 1.29 is 4.39 Å². The number of fused-ring (bicyclic) bond motifs is 1. The molecule has 3 aromatic rings. The molecule has 0 saturated heterocycles. The summed E-state index contributed by atoms with van der Waals surface area (Å²) >= 11 is 3.16. The number of thiazole rings is 1. The maximum Gasteiger partial charge on any atom is 0.124 e. The van der Waals surface area contributed by atoms with Crippen LogP contribution in [0.2, 0.25) is 0 Å². The zero-order valence-corrected chi connectivity index (χ0v) is 11.1. The number of benzene rings is 1. The Morgan fingerprint density at radius 1 is 1.33 bits per heavy atom. The number of nitrogens with two attached hydrogens (primary N) is 1. The highest BCUT2D eigenvalue weighted by Gasteiger charge is 2.12. The molecule has 0 amide bonds. The van der Waals surface area contributed by atoms with Gasteiger partial charge < -0.3 is 5.73 Å². The maximum absolute atomic E-state index is 13.1. The van der Waals surface area contributed by atoms with Gasteiger partial charge in [0.1, 0.15) is 5.82 Å². The molecule has 3 rings (SSSR count). The third kappa shape index (κ3) is 2.29. The van der Waals surface area contributed by atoms with Crippen molar-refractivity contribution in [3.8, 4) is 0 Å². The fraction of sp³-hybridized carbons (Fsp3) is 0.154. The lowest BCUT2D eigenvalue weighted by Crippen LogP contribution is -2.11. The van der Waals surface area contributed by atoms with E-state index in [9.17, 15) is 4.39 Å². The van der Waals surface area contributed by atoms with E-state index in [-0.39, 0.29) is 11.9 Å². The topological polar surface area (TPSA) is 38.9 Å². The second-order valence-electron chi connectivity index (χ2n) is 4.07. The maximum atomic E-state index is 13.1. The number of hydrogen-bond donors (Lipinski definition) is 1. The summed E-state index contributed by atoms with van der Waals surface area (Å²) in [5.41, 5.74) is 6.17. The van der Waals surface area contributed by atoms with Gasteiger partial charge in [-0.1, -0.05) is 6.07 Å². The molecule has 0 bridgehead atoms. The van der Waals surface area contributed by atoms with Crippen molar-refractivity contribution in [2.45, 2.75) is 12.5 Å². The summed E-state index contributed by atoms with van der Waals surface area (Å²) in [5, 5.41) is 4.03. The summed E-state index contributed by atoms with van der Waals surface area (Å²) in [6.45, 7) is 0. The molecule has 2 N–H and O–H groups in total. The lowest BCUT2D eigenvalue weighted by atomic mass is 10.1. The number of halogens is 1. The van der Waals surface area contributed by atoms with Crippen molar-refractivity contribution in [1.29, 1.82) is 0 Å². The Hall–Kier alpha value is -1.30. The van der Waals surface area contributed by atoms with Gasteiger partial charge in [0.2, 0.25) is 0 Å². The molecule has 0 aliphatic rings. The summed E-state index contributed by atoms with van der Waals surface area (Å²) < 4.78 is 14.1. The van der Waals surface area contributed by atoms with E-state index in [1.807, 2.05) is 11.4 Å². The van der Waals surface area contributed by atoms with Crippen molar-refractivity contribution in [1.82, 2.24) is 4.98 Å². The van der Waals surface area contributed by atoms with Crippen LogP contribution in [0.15, 0.2) is 35.8 Å². The second kappa shape index (κ2) is 4.76. The molecule has 5 heteroatoms. The fourth-order valence-corrected chi connectivity index (χ4v) is 3.62. The zero-order chi connectivity index (χ0) is 12.5. The van der Waals surface area contributed by atoms with E-state index < -0.39 is 0 Å². The van der Waals surface area contributed by atoms with Gasteiger partial charge in [-0.2, -0.15) is 0 Å². The predicted octanol–water partition coefficient (Wildman–Crippen LogP) is 3.74. The minimum atomic E-state index is -0.204. The van der Waals surface area contributed by atoms with Crippen LogP contribution in [0.4, 0.5) is 4.39 Å². The third-order valence-electron chi connectivity index (χ3n) is 2.74. The quantitative estimate of drug-likeness (QED) is 0.792. The molecule has 1 atom stereocenters. The zero-order valence-electron chi connectivity index (χ0n) is 9.47. The summed E-state index contributed by atoms with van der Waals surface area (Å²) in [6.07, 6.45) is 2.51. The molecule has 0 fully saturated rings. The number of nitrogens with zero attached hydrogens (tertiary/aromatic N) is 1. The van der Waals surface area contributed by atoms with E-state index in [0.29, 0.717) is 0 Å². The minimum Gasteiger partial charge on any atom is -0.323 e. The van der Waals surface area contributed by atoms with Crippen LogP contribution in [-0.4, -0.2) is 4.98 Å². The molecular formula is C13H11FN2S2. The molecule has 1 unspecified atom stereocenters. The van der Waals surface area contributed by atoms with Crippen molar-refractivity contribution >= 4 is 32.8 Å². The van der Waals surface area contributed by atoms with Gasteiger partial charge in [0.25, 0.3) is 0 Å². The van der Waals surface area contributed by atoms with Crippen LogP contribution in [0, 0.1) is 5.82 Å². The Bertz CT molecular complexity index is 661. The Balaban J connectivity index is 1.89. The smallest absolute Gasteiger partial charge is 0.124 e. The highest BCUT2D eigenvalue weighted by atomic mass is 32.1. The molecule has 2 heterocycles. The molecule has 1 aromatic carbocycles. The molecule has 92 valence electrons. The largest absolute Gasteiger partial charge is 0.323 e. The molecule has 0 aliphatic heterocycles. The first-order valence-corrected chi connectivity index (χ1v) is 7.25. The van der Waals surface area contributed by atoms with Gasteiger partial charge in [-0.3, -0.25) is 0 Å². The number of aromatic nitrogens is 1. The Kier molecular flexibility index (Phi) is 3.11. The first-order valence-electron chi connectivity index (χ1n) is 5.55. The first kappa shape index (κ1) is 11.8. The van der Waals surface area contributed by atoms with Crippen LogP contribution < -0.4 is 5.73 Å². The summed E-state index contributed by atoms with van der Waals surface area (Å²) in [6, 6.07) is 6.79. The monoisotopic (exact) mass is 278 g/mol. The molecule has 2 aromatic heterocycles. The van der Waals surface area contributed by atoms with Crippen LogP contribution in [0.5, 0.6) is 0 Å². The predicted molar refractivity (Wildman–Crippen MR) is 74.5 cm³/mol. The molecular weight excluding hydrogens is 267 g/mol. The van der Waals surface area contributed by atoms with Crippen LogP contribution in [0.3, 0.4) is 0 Å². The normalized spacial score (nSPS) is 13.0. The molecule has 0 aliphatic carbocycles. The number of hydrogen-bond acceptors (Lipinski definition) is 4. The van der Waals surface area contributed by atoms with Gasteiger partial charge in [0.15, 0.2) is 0 Å². The molecule has 18 heavy (non-hydrogen) atoms. The average molecular weight is 278 g/mol. The lowest BCUT2D eigenvalue weighted by molar-refractivity contribution is 0.630. The summed E-state index contributed by atoms with van der Waals surface area (Å²) in [4.78, 5) is 5.31. The number of thiophene rings is 1. The van der Waals surface area contributed by atoms with E-state index in [1.54, 1.807) is 41.0 Å². The average Bonchev–Trinajstić information content (AvgIpc) is 2.96. The van der Waals surface area contributed by atoms with Crippen molar-refractivity contribution in [3.63, 3.8) is 0 Å². The molecule has 0 radical (unpaired) electrons. The summed E-state index contributed by atoms with van der Waals surface area (Å²) in [7, 11) is 0. The molecule has 2 nitrogen and oxygen atoms in total. The van der Waals surface area contributed by atoms with E-state index in [1.165, 1.54) is 6.07 Å². The highest BCUT2D eigenvalue weighted by Crippen LogP contribution is 2.31.